The lowest BCUT2D eigenvalue weighted by molar-refractivity contribution is 0.103. The van der Waals surface area contributed by atoms with Crippen LogP contribution < -0.4 is 0 Å². The summed E-state index contributed by atoms with van der Waals surface area (Å²) in [7, 11) is 0. The summed E-state index contributed by atoms with van der Waals surface area (Å²) in [5, 5.41) is 9.67. The van der Waals surface area contributed by atoms with Crippen LogP contribution in [0.2, 0.25) is 0 Å². The first kappa shape index (κ1) is 9.78. The summed E-state index contributed by atoms with van der Waals surface area (Å²) in [6.07, 6.45) is 3.14. The largest absolute Gasteiger partial charge is 0.373 e. The van der Waals surface area contributed by atoms with Gasteiger partial charge in [0.25, 0.3) is 0 Å². The molecule has 0 saturated carbocycles. The average molecular weight is 304 g/mol. The van der Waals surface area contributed by atoms with Gasteiger partial charge in [-0.3, -0.25) is 4.57 Å². The molecule has 2 aromatic rings. The minimum Gasteiger partial charge on any atom is -0.373 e. The number of rotatable bonds is 2. The fourth-order valence-electron chi connectivity index (χ4n) is 1.24. The molecule has 2 heterocycles. The molecule has 0 bridgehead atoms. The van der Waals surface area contributed by atoms with Gasteiger partial charge in [0.15, 0.2) is 5.65 Å². The van der Waals surface area contributed by atoms with Crippen molar-refractivity contribution in [1.82, 2.24) is 19.5 Å². The van der Waals surface area contributed by atoms with Gasteiger partial charge in [-0.1, -0.05) is 6.92 Å². The highest BCUT2D eigenvalue weighted by Gasteiger charge is 2.11. The van der Waals surface area contributed by atoms with Crippen LogP contribution >= 0.6 is 22.6 Å². The molecule has 74 valence electrons. The molecule has 0 saturated heterocycles. The SMILES string of the molecule is CCC(O)n1cnc2c(I)ncnc21. The highest BCUT2D eigenvalue weighted by molar-refractivity contribution is 14.1. The van der Waals surface area contributed by atoms with Crippen molar-refractivity contribution < 1.29 is 5.11 Å². The molecule has 14 heavy (non-hydrogen) atoms. The summed E-state index contributed by atoms with van der Waals surface area (Å²) in [6.45, 7) is 1.91. The van der Waals surface area contributed by atoms with E-state index in [-0.39, 0.29) is 0 Å². The maximum Gasteiger partial charge on any atom is 0.166 e. The second-order valence-corrected chi connectivity index (χ2v) is 3.90. The van der Waals surface area contributed by atoms with Crippen molar-refractivity contribution in [2.24, 2.45) is 0 Å². The van der Waals surface area contributed by atoms with E-state index in [4.69, 9.17) is 0 Å². The lowest BCUT2D eigenvalue weighted by atomic mass is 10.4. The standard InChI is InChI=1S/C8H9IN4O/c1-2-5(14)13-4-12-6-7(9)10-3-11-8(6)13/h3-5,14H,2H2,1H3. The number of hydrogen-bond acceptors (Lipinski definition) is 4. The molecule has 0 aliphatic rings. The van der Waals surface area contributed by atoms with Crippen LogP contribution in [0.1, 0.15) is 19.6 Å². The third-order valence-corrected chi connectivity index (χ3v) is 2.79. The second kappa shape index (κ2) is 3.77. The van der Waals surface area contributed by atoms with Gasteiger partial charge in [-0.15, -0.1) is 0 Å². The van der Waals surface area contributed by atoms with E-state index in [0.29, 0.717) is 12.1 Å². The Morgan fingerprint density at radius 1 is 1.50 bits per heavy atom. The van der Waals surface area contributed by atoms with E-state index in [1.54, 1.807) is 10.9 Å². The van der Waals surface area contributed by atoms with E-state index in [1.807, 2.05) is 6.92 Å². The predicted octanol–water partition coefficient (Wildman–Crippen LogP) is 1.33. The number of halogens is 1. The summed E-state index contributed by atoms with van der Waals surface area (Å²) in [6, 6.07) is 0. The Bertz CT molecular complexity index is 456. The van der Waals surface area contributed by atoms with Crippen LogP contribution in [0.25, 0.3) is 11.2 Å². The summed E-state index contributed by atoms with van der Waals surface area (Å²) in [5.41, 5.74) is 1.42. The molecule has 0 amide bonds. The molecular weight excluding hydrogens is 295 g/mol. The van der Waals surface area contributed by atoms with Gasteiger partial charge in [0.05, 0.1) is 6.33 Å². The lowest BCUT2D eigenvalue weighted by Gasteiger charge is -2.08. The summed E-state index contributed by atoms with van der Waals surface area (Å²) in [5.74, 6) is 0. The predicted molar refractivity (Wildman–Crippen MR) is 59.6 cm³/mol. The third kappa shape index (κ3) is 1.48. The molecule has 1 unspecified atom stereocenters. The van der Waals surface area contributed by atoms with Crippen LogP contribution in [0.4, 0.5) is 0 Å². The van der Waals surface area contributed by atoms with Crippen molar-refractivity contribution in [1.29, 1.82) is 0 Å². The highest BCUT2D eigenvalue weighted by Crippen LogP contribution is 2.18. The Balaban J connectivity index is 2.63. The van der Waals surface area contributed by atoms with Gasteiger partial charge in [-0.2, -0.15) is 0 Å². The average Bonchev–Trinajstić information content (AvgIpc) is 2.62. The molecule has 5 nitrogen and oxygen atoms in total. The first-order valence-corrected chi connectivity index (χ1v) is 5.33. The number of aliphatic hydroxyl groups is 1. The maximum atomic E-state index is 9.67. The van der Waals surface area contributed by atoms with E-state index >= 15 is 0 Å². The second-order valence-electron chi connectivity index (χ2n) is 2.88. The van der Waals surface area contributed by atoms with Gasteiger partial charge in [-0.05, 0) is 29.0 Å². The quantitative estimate of drug-likeness (QED) is 0.671. The molecule has 0 aromatic carbocycles. The van der Waals surface area contributed by atoms with E-state index in [1.165, 1.54) is 6.33 Å². The first-order chi connectivity index (χ1) is 6.74. The molecule has 0 aliphatic carbocycles. The molecule has 2 rings (SSSR count). The zero-order valence-electron chi connectivity index (χ0n) is 7.55. The first-order valence-electron chi connectivity index (χ1n) is 4.25. The zero-order valence-corrected chi connectivity index (χ0v) is 9.71. The molecule has 6 heteroatoms. The van der Waals surface area contributed by atoms with Crippen LogP contribution in [0.15, 0.2) is 12.7 Å². The minimum atomic E-state index is -0.564. The van der Waals surface area contributed by atoms with Crippen LogP contribution in [0.5, 0.6) is 0 Å². The van der Waals surface area contributed by atoms with Crippen molar-refractivity contribution in [3.8, 4) is 0 Å². The topological polar surface area (TPSA) is 63.8 Å². The molecule has 1 atom stereocenters. The van der Waals surface area contributed by atoms with Gasteiger partial charge >= 0.3 is 0 Å². The molecular formula is C8H9IN4O. The molecule has 0 fully saturated rings. The molecule has 0 aliphatic heterocycles. The van der Waals surface area contributed by atoms with Gasteiger partial charge in [0, 0.05) is 0 Å². The Kier molecular flexibility index (Phi) is 2.64. The van der Waals surface area contributed by atoms with Crippen molar-refractivity contribution >= 4 is 33.8 Å². The van der Waals surface area contributed by atoms with Gasteiger partial charge in [-0.25, -0.2) is 15.0 Å². The van der Waals surface area contributed by atoms with Crippen molar-refractivity contribution in [2.45, 2.75) is 19.6 Å². The van der Waals surface area contributed by atoms with Crippen molar-refractivity contribution in [2.75, 3.05) is 0 Å². The fourth-order valence-corrected chi connectivity index (χ4v) is 1.74. The number of imidazole rings is 1. The van der Waals surface area contributed by atoms with Gasteiger partial charge in [0.2, 0.25) is 0 Å². The van der Waals surface area contributed by atoms with Crippen LogP contribution in [0, 0.1) is 3.70 Å². The molecule has 1 N–H and O–H groups in total. The zero-order chi connectivity index (χ0) is 10.1. The van der Waals surface area contributed by atoms with Gasteiger partial charge < -0.3 is 5.11 Å². The van der Waals surface area contributed by atoms with Crippen molar-refractivity contribution in [3.63, 3.8) is 0 Å². The van der Waals surface area contributed by atoms with E-state index in [0.717, 1.165) is 9.22 Å². The molecule has 0 spiro atoms. The minimum absolute atomic E-state index is 0.564. The monoisotopic (exact) mass is 304 g/mol. The van der Waals surface area contributed by atoms with Crippen LogP contribution in [-0.2, 0) is 0 Å². The van der Waals surface area contributed by atoms with Crippen LogP contribution in [0.3, 0.4) is 0 Å². The third-order valence-electron chi connectivity index (χ3n) is 2.00. The number of fused-ring (bicyclic) bond motifs is 1. The molecule has 2 aromatic heterocycles. The fraction of sp³-hybridized carbons (Fsp3) is 0.375. The van der Waals surface area contributed by atoms with E-state index in [9.17, 15) is 5.11 Å². The number of hydrogen-bond donors (Lipinski definition) is 1. The van der Waals surface area contributed by atoms with Gasteiger partial charge in [0.1, 0.15) is 21.8 Å². The van der Waals surface area contributed by atoms with Crippen molar-refractivity contribution in [3.05, 3.63) is 16.4 Å². The molecule has 0 radical (unpaired) electrons. The number of aromatic nitrogens is 4. The Morgan fingerprint density at radius 3 is 3.00 bits per heavy atom. The normalized spacial score (nSPS) is 13.4. The van der Waals surface area contributed by atoms with Crippen LogP contribution in [-0.4, -0.2) is 24.6 Å². The summed E-state index contributed by atoms with van der Waals surface area (Å²) >= 11 is 2.10. The highest BCUT2D eigenvalue weighted by atomic mass is 127. The van der Waals surface area contributed by atoms with E-state index < -0.39 is 6.23 Å². The summed E-state index contributed by atoms with van der Waals surface area (Å²) in [4.78, 5) is 12.3. The Hall–Kier alpha value is -0.760. The summed E-state index contributed by atoms with van der Waals surface area (Å²) < 4.78 is 2.45. The Labute approximate surface area is 94.3 Å². The Morgan fingerprint density at radius 2 is 2.29 bits per heavy atom. The smallest absolute Gasteiger partial charge is 0.166 e. The van der Waals surface area contributed by atoms with E-state index in [2.05, 4.69) is 37.5 Å². The maximum absolute atomic E-state index is 9.67. The number of aliphatic hydroxyl groups excluding tert-OH is 1. The lowest BCUT2D eigenvalue weighted by Crippen LogP contribution is -2.06. The number of nitrogens with zero attached hydrogens (tertiary/aromatic N) is 4.